The minimum atomic E-state index is -1.42. The minimum absolute atomic E-state index is 0.968. The maximum absolute atomic E-state index is 8.40. The maximum Gasteiger partial charge on any atom is 0.129 e. The summed E-state index contributed by atoms with van der Waals surface area (Å²) in [6.07, 6.45) is 0. The van der Waals surface area contributed by atoms with Gasteiger partial charge in [-0.2, -0.15) is 0 Å². The highest BCUT2D eigenvalue weighted by atomic mass is 32.1. The van der Waals surface area contributed by atoms with Gasteiger partial charge in [-0.05, 0) is 0 Å². The van der Waals surface area contributed by atoms with Gasteiger partial charge in [0.2, 0.25) is 0 Å². The first-order valence-corrected chi connectivity index (χ1v) is 2.79. The van der Waals surface area contributed by atoms with Crippen molar-refractivity contribution in [3.05, 3.63) is 0 Å². The van der Waals surface area contributed by atoms with E-state index in [-0.39, 0.29) is 0 Å². The van der Waals surface area contributed by atoms with Crippen LogP contribution >= 0.6 is 12.2 Å². The highest BCUT2D eigenvalue weighted by Crippen LogP contribution is 1.79. The second kappa shape index (κ2) is 4.01. The highest BCUT2D eigenvalue weighted by Gasteiger charge is 2.04. The quantitative estimate of drug-likeness (QED) is 0.335. The number of nitrogens with one attached hydrogen (secondary N) is 1. The van der Waals surface area contributed by atoms with Gasteiger partial charge in [0.25, 0.3) is 0 Å². The Hall–Kier alpha value is -0.160. The van der Waals surface area contributed by atoms with Crippen LogP contribution in [0.2, 0.25) is 0 Å². The van der Waals surface area contributed by atoms with Gasteiger partial charge in [-0.15, -0.1) is 0 Å². The summed E-state index contributed by atoms with van der Waals surface area (Å²) >= 11 is 3.12. The van der Waals surface area contributed by atoms with Gasteiger partial charge in [0.05, 0.1) is 11.5 Å². The van der Waals surface area contributed by atoms with Gasteiger partial charge in [-0.25, -0.2) is 8.42 Å². The Kier molecular flexibility index (Phi) is 3.92. The Morgan fingerprint density at radius 2 is 1.86 bits per heavy atom. The molecule has 0 aromatic heterocycles. The first-order valence-electron chi connectivity index (χ1n) is 1.57. The summed E-state index contributed by atoms with van der Waals surface area (Å²) in [5.74, 6) is 0. The summed E-state index contributed by atoms with van der Waals surface area (Å²) in [5, 5.41) is 2.83. The molecule has 42 valence electrons. The Labute approximate surface area is 49.7 Å². The van der Waals surface area contributed by atoms with Crippen molar-refractivity contribution in [3.8, 4) is 0 Å². The zero-order chi connectivity index (χ0) is 5.70. The van der Waals surface area contributed by atoms with Gasteiger partial charge in [0.15, 0.2) is 0 Å². The molecule has 5 heteroatoms. The Bertz CT molecular complexity index is 100. The fraction of sp³-hybridized carbons (Fsp3) is 0.500. The van der Waals surface area contributed by atoms with E-state index in [0.29, 0.717) is 0 Å². The molecule has 0 unspecified atom stereocenters. The van der Waals surface area contributed by atoms with Crippen LogP contribution < -0.4 is 5.32 Å². The van der Waals surface area contributed by atoms with Crippen LogP contribution in [0.25, 0.3) is 0 Å². The molecule has 0 bridgehead atoms. The summed E-state index contributed by atoms with van der Waals surface area (Å²) < 4.78 is 16.8. The van der Waals surface area contributed by atoms with Gasteiger partial charge in [0.1, 0.15) is 11.6 Å². The lowest BCUT2D eigenvalue weighted by atomic mass is 11.0. The zero-order valence-corrected chi connectivity index (χ0v) is 5.25. The molecule has 1 fully saturated rings. The first-order chi connectivity index (χ1) is 3.31. The molecular formula is C2H5NO2S2. The van der Waals surface area contributed by atoms with Crippen LogP contribution in [0.15, 0.2) is 0 Å². The molecule has 0 aromatic carbocycles. The Morgan fingerprint density at radius 3 is 1.86 bits per heavy atom. The summed E-state index contributed by atoms with van der Waals surface area (Å²) in [4.78, 5) is 1.00. The van der Waals surface area contributed by atoms with Crippen LogP contribution in [-0.2, 0) is 11.6 Å². The molecule has 7 heavy (non-hydrogen) atoms. The third-order valence-electron chi connectivity index (χ3n) is 0.321. The molecule has 1 N–H and O–H groups in total. The molecule has 1 rings (SSSR count). The average molecular weight is 139 g/mol. The van der Waals surface area contributed by atoms with Crippen molar-refractivity contribution in [1.82, 2.24) is 5.32 Å². The average Bonchev–Trinajstić information content (AvgIpc) is 2.25. The van der Waals surface area contributed by atoms with E-state index in [0.717, 1.165) is 11.5 Å². The molecule has 1 heterocycles. The van der Waals surface area contributed by atoms with Crippen molar-refractivity contribution in [2.45, 2.75) is 0 Å². The van der Waals surface area contributed by atoms with E-state index in [9.17, 15) is 0 Å². The van der Waals surface area contributed by atoms with E-state index in [2.05, 4.69) is 17.5 Å². The normalized spacial score (nSPS) is 13.4. The third-order valence-corrected chi connectivity index (χ3v) is 0.610. The molecular weight excluding hydrogens is 134 g/mol. The molecule has 1 aliphatic rings. The van der Waals surface area contributed by atoms with Crippen molar-refractivity contribution < 1.29 is 8.42 Å². The topological polar surface area (TPSA) is 56.1 Å². The smallest absolute Gasteiger partial charge is 0.129 e. The molecule has 0 atom stereocenters. The van der Waals surface area contributed by atoms with Crippen molar-refractivity contribution in [1.29, 1.82) is 0 Å². The summed E-state index contributed by atoms with van der Waals surface area (Å²) in [6, 6.07) is 0. The van der Waals surface area contributed by atoms with Crippen LogP contribution in [0.4, 0.5) is 0 Å². The predicted octanol–water partition coefficient (Wildman–Crippen LogP) is -1.29. The lowest BCUT2D eigenvalue weighted by molar-refractivity contribution is 0.630. The molecule has 1 saturated heterocycles. The van der Waals surface area contributed by atoms with Crippen molar-refractivity contribution in [2.75, 3.05) is 6.54 Å². The molecule has 0 radical (unpaired) electrons. The van der Waals surface area contributed by atoms with Crippen LogP contribution in [0.5, 0.6) is 0 Å². The van der Waals surface area contributed by atoms with Gasteiger partial charge >= 0.3 is 0 Å². The van der Waals surface area contributed by atoms with E-state index in [1.165, 1.54) is 0 Å². The predicted molar refractivity (Wildman–Crippen MR) is 32.3 cm³/mol. The molecule has 0 spiro atoms. The van der Waals surface area contributed by atoms with E-state index in [1.54, 1.807) is 0 Å². The molecule has 1 aliphatic heterocycles. The zero-order valence-electron chi connectivity index (χ0n) is 3.43. The van der Waals surface area contributed by atoms with E-state index in [1.807, 2.05) is 0 Å². The summed E-state index contributed by atoms with van der Waals surface area (Å²) in [5.41, 5.74) is 0. The van der Waals surface area contributed by atoms with Crippen LogP contribution in [0.1, 0.15) is 0 Å². The monoisotopic (exact) mass is 139 g/mol. The molecule has 3 nitrogen and oxygen atoms in total. The minimum Gasteiger partial charge on any atom is -0.372 e. The maximum atomic E-state index is 8.40. The van der Waals surface area contributed by atoms with Crippen molar-refractivity contribution in [2.24, 2.45) is 0 Å². The lowest BCUT2D eigenvalue weighted by Gasteiger charge is -1.34. The van der Waals surface area contributed by atoms with Gasteiger partial charge in [-0.1, -0.05) is 12.2 Å². The number of rotatable bonds is 0. The lowest BCUT2D eigenvalue weighted by Crippen LogP contribution is -1.62. The van der Waals surface area contributed by atoms with Crippen molar-refractivity contribution >= 4 is 28.8 Å². The largest absolute Gasteiger partial charge is 0.372 e. The second-order valence-electron chi connectivity index (χ2n) is 0.860. The van der Waals surface area contributed by atoms with Gasteiger partial charge in [0, 0.05) is 0 Å². The van der Waals surface area contributed by atoms with E-state index >= 15 is 0 Å². The van der Waals surface area contributed by atoms with Crippen LogP contribution in [0, 0.1) is 0 Å². The molecule has 0 amide bonds. The molecule has 0 aromatic rings. The third kappa shape index (κ3) is 10.7. The van der Waals surface area contributed by atoms with Crippen LogP contribution in [0.3, 0.4) is 0 Å². The standard InChI is InChI=1S/C2H3NS.H2O2S/c4-2-1-3-2;1-3-2/h1H2,(H,3,4);3H2. The van der Waals surface area contributed by atoms with Gasteiger partial charge in [-0.3, -0.25) is 0 Å². The van der Waals surface area contributed by atoms with E-state index < -0.39 is 11.6 Å². The van der Waals surface area contributed by atoms with E-state index in [4.69, 9.17) is 8.42 Å². The second-order valence-corrected chi connectivity index (χ2v) is 1.52. The van der Waals surface area contributed by atoms with Crippen molar-refractivity contribution in [3.63, 3.8) is 0 Å². The summed E-state index contributed by atoms with van der Waals surface area (Å²) in [7, 11) is 0. The molecule has 0 aliphatic carbocycles. The number of hydrogen-bond donors (Lipinski definition) is 1. The van der Waals surface area contributed by atoms with Crippen LogP contribution in [-0.4, -0.2) is 20.0 Å². The fourth-order valence-electron chi connectivity index (χ4n) is 0.0361. The summed E-state index contributed by atoms with van der Waals surface area (Å²) in [6.45, 7) is 0.968. The number of thiocarbonyl (C=S) groups is 1. The Balaban J connectivity index is 0.000000110. The number of hydrogen-bond acceptors (Lipinski definition) is 3. The molecule has 0 saturated carbocycles. The fourth-order valence-corrected chi connectivity index (χ4v) is 0.108. The highest BCUT2D eigenvalue weighted by molar-refractivity contribution is 7.81. The Morgan fingerprint density at radius 1 is 1.71 bits per heavy atom. The first kappa shape index (κ1) is 6.84. The van der Waals surface area contributed by atoms with Gasteiger partial charge < -0.3 is 5.32 Å². The SMILES string of the molecule is O=[SH2]=O.S=C1CN1.